The van der Waals surface area contributed by atoms with Gasteiger partial charge in [0.1, 0.15) is 9.71 Å². The van der Waals surface area contributed by atoms with Gasteiger partial charge < -0.3 is 4.74 Å². The van der Waals surface area contributed by atoms with Crippen LogP contribution in [0.5, 0.6) is 0 Å². The molecule has 2 heterocycles. The molecule has 1 aliphatic rings. The molecule has 3 aromatic rings. The highest BCUT2D eigenvalue weighted by molar-refractivity contribution is 7.20. The van der Waals surface area contributed by atoms with Crippen molar-refractivity contribution in [2.75, 3.05) is 0 Å². The van der Waals surface area contributed by atoms with E-state index in [2.05, 4.69) is 5.10 Å². The first-order chi connectivity index (χ1) is 11.6. The Balaban J connectivity index is 1.68. The summed E-state index contributed by atoms with van der Waals surface area (Å²) in [6, 6.07) is 11.6. The van der Waals surface area contributed by atoms with Crippen LogP contribution in [0.2, 0.25) is 0 Å². The largest absolute Gasteiger partial charge is 0.450 e. The second-order valence-electron chi connectivity index (χ2n) is 5.91. The lowest BCUT2D eigenvalue weighted by Gasteiger charge is -2.08. The molecule has 1 fully saturated rings. The lowest BCUT2D eigenvalue weighted by atomic mass is 10.3. The van der Waals surface area contributed by atoms with E-state index in [9.17, 15) is 9.59 Å². The minimum Gasteiger partial charge on any atom is -0.450 e. The zero-order valence-electron chi connectivity index (χ0n) is 13.2. The van der Waals surface area contributed by atoms with Crippen LogP contribution in [-0.2, 0) is 9.53 Å². The third kappa shape index (κ3) is 2.53. The Bertz CT molecular complexity index is 927. The maximum atomic E-state index is 12.4. The molecule has 1 atom stereocenters. The number of aryl methyl sites for hydroxylation is 1. The van der Waals surface area contributed by atoms with Crippen LogP contribution in [0.1, 0.15) is 34.6 Å². The SMILES string of the molecule is Cc1nn(-c2ccccc2)c2sc(C(=O)O[C@@H]3CCCC3=O)cc12. The van der Waals surface area contributed by atoms with Crippen LogP contribution < -0.4 is 0 Å². The summed E-state index contributed by atoms with van der Waals surface area (Å²) in [6.45, 7) is 1.92. The van der Waals surface area contributed by atoms with Gasteiger partial charge in [0, 0.05) is 11.8 Å². The summed E-state index contributed by atoms with van der Waals surface area (Å²) in [6.07, 6.45) is 1.36. The molecule has 0 amide bonds. The fourth-order valence-corrected chi connectivity index (χ4v) is 4.05. The number of carbonyl (C=O) groups is 2. The van der Waals surface area contributed by atoms with Crippen molar-refractivity contribution in [3.8, 4) is 5.69 Å². The predicted molar refractivity (Wildman–Crippen MR) is 91.7 cm³/mol. The molecule has 0 aliphatic heterocycles. The van der Waals surface area contributed by atoms with E-state index < -0.39 is 12.1 Å². The van der Waals surface area contributed by atoms with Gasteiger partial charge in [-0.05, 0) is 38.0 Å². The molecule has 2 aromatic heterocycles. The zero-order valence-corrected chi connectivity index (χ0v) is 14.0. The number of hydrogen-bond donors (Lipinski definition) is 0. The minimum absolute atomic E-state index is 0.0242. The summed E-state index contributed by atoms with van der Waals surface area (Å²) in [5.74, 6) is -0.397. The molecule has 4 rings (SSSR count). The van der Waals surface area contributed by atoms with Crippen LogP contribution in [0, 0.1) is 6.92 Å². The van der Waals surface area contributed by atoms with Gasteiger partial charge >= 0.3 is 5.97 Å². The van der Waals surface area contributed by atoms with Gasteiger partial charge in [-0.3, -0.25) is 4.79 Å². The molecule has 0 radical (unpaired) electrons. The summed E-state index contributed by atoms with van der Waals surface area (Å²) in [5, 5.41) is 5.50. The molecular formula is C18H16N2O3S. The van der Waals surface area contributed by atoms with Crippen molar-refractivity contribution in [3.05, 3.63) is 47.0 Å². The fraction of sp³-hybridized carbons (Fsp3) is 0.278. The van der Waals surface area contributed by atoms with Crippen molar-refractivity contribution in [1.29, 1.82) is 0 Å². The van der Waals surface area contributed by atoms with Gasteiger partial charge in [0.2, 0.25) is 0 Å². The van der Waals surface area contributed by atoms with Gasteiger partial charge in [-0.25, -0.2) is 9.48 Å². The van der Waals surface area contributed by atoms with Crippen LogP contribution in [0.3, 0.4) is 0 Å². The number of carbonyl (C=O) groups excluding carboxylic acids is 2. The smallest absolute Gasteiger partial charge is 0.349 e. The van der Waals surface area contributed by atoms with Crippen LogP contribution in [0.4, 0.5) is 0 Å². The minimum atomic E-state index is -0.575. The lowest BCUT2D eigenvalue weighted by molar-refractivity contribution is -0.124. The maximum absolute atomic E-state index is 12.4. The second-order valence-corrected chi connectivity index (χ2v) is 6.95. The standard InChI is InChI=1S/C18H16N2O3S/c1-11-13-10-16(18(22)23-15-9-5-8-14(15)21)24-17(13)20(19-11)12-6-3-2-4-7-12/h2-4,6-7,10,15H,5,8-9H2,1H3/t15-/m1/s1. The van der Waals surface area contributed by atoms with Gasteiger partial charge in [0.15, 0.2) is 11.9 Å². The van der Waals surface area contributed by atoms with Crippen LogP contribution in [0.15, 0.2) is 36.4 Å². The Kier molecular flexibility index (Phi) is 3.69. The molecule has 5 nitrogen and oxygen atoms in total. The number of rotatable bonds is 3. The predicted octanol–water partition coefficient (Wildman–Crippen LogP) is 3.67. The van der Waals surface area contributed by atoms with Crippen molar-refractivity contribution in [2.45, 2.75) is 32.3 Å². The molecule has 0 N–H and O–H groups in total. The van der Waals surface area contributed by atoms with Gasteiger partial charge in [-0.2, -0.15) is 5.10 Å². The number of esters is 1. The Labute approximate surface area is 142 Å². The number of para-hydroxylation sites is 1. The normalized spacial score (nSPS) is 17.5. The van der Waals surface area contributed by atoms with Crippen LogP contribution in [0.25, 0.3) is 15.9 Å². The van der Waals surface area contributed by atoms with Crippen molar-refractivity contribution in [1.82, 2.24) is 9.78 Å². The molecule has 1 saturated carbocycles. The van der Waals surface area contributed by atoms with E-state index in [1.165, 1.54) is 11.3 Å². The first-order valence-electron chi connectivity index (χ1n) is 7.92. The molecule has 0 unspecified atom stereocenters. The van der Waals surface area contributed by atoms with Crippen LogP contribution in [-0.4, -0.2) is 27.6 Å². The fourth-order valence-electron chi connectivity index (χ4n) is 2.99. The number of ketones is 1. The number of aromatic nitrogens is 2. The van der Waals surface area contributed by atoms with Crippen molar-refractivity contribution in [3.63, 3.8) is 0 Å². The maximum Gasteiger partial charge on any atom is 0.349 e. The van der Waals surface area contributed by atoms with E-state index >= 15 is 0 Å². The average Bonchev–Trinajstić information content (AvgIpc) is 3.26. The van der Waals surface area contributed by atoms with E-state index in [0.29, 0.717) is 17.7 Å². The highest BCUT2D eigenvalue weighted by Crippen LogP contribution is 2.31. The number of thiophene rings is 1. The number of ether oxygens (including phenoxy) is 1. The summed E-state index contributed by atoms with van der Waals surface area (Å²) >= 11 is 1.35. The molecule has 24 heavy (non-hydrogen) atoms. The number of nitrogens with zero attached hydrogens (tertiary/aromatic N) is 2. The Morgan fingerprint density at radius 3 is 2.83 bits per heavy atom. The quantitative estimate of drug-likeness (QED) is 0.683. The van der Waals surface area contributed by atoms with Crippen molar-refractivity contribution >= 4 is 33.3 Å². The van der Waals surface area contributed by atoms with Crippen molar-refractivity contribution < 1.29 is 14.3 Å². The molecule has 0 bridgehead atoms. The molecular weight excluding hydrogens is 324 g/mol. The highest BCUT2D eigenvalue weighted by Gasteiger charge is 2.29. The van der Waals surface area contributed by atoms with E-state index in [1.807, 2.05) is 48.0 Å². The molecule has 6 heteroatoms. The first-order valence-corrected chi connectivity index (χ1v) is 8.73. The summed E-state index contributed by atoms with van der Waals surface area (Å²) in [7, 11) is 0. The molecule has 1 aliphatic carbocycles. The monoisotopic (exact) mass is 340 g/mol. The van der Waals surface area contributed by atoms with Gasteiger partial charge in [0.25, 0.3) is 0 Å². The first kappa shape index (κ1) is 15.1. The highest BCUT2D eigenvalue weighted by atomic mass is 32.1. The summed E-state index contributed by atoms with van der Waals surface area (Å²) in [4.78, 5) is 25.5. The van der Waals surface area contributed by atoms with Crippen LogP contribution >= 0.6 is 11.3 Å². The number of fused-ring (bicyclic) bond motifs is 1. The summed E-state index contributed by atoms with van der Waals surface area (Å²) in [5.41, 5.74) is 1.81. The average molecular weight is 340 g/mol. The number of benzene rings is 1. The Hall–Kier alpha value is -2.47. The third-order valence-corrected chi connectivity index (χ3v) is 5.34. The molecule has 122 valence electrons. The van der Waals surface area contributed by atoms with Gasteiger partial charge in [-0.15, -0.1) is 11.3 Å². The Morgan fingerprint density at radius 1 is 1.33 bits per heavy atom. The molecule has 0 saturated heterocycles. The zero-order chi connectivity index (χ0) is 16.7. The lowest BCUT2D eigenvalue weighted by Crippen LogP contribution is -2.21. The van der Waals surface area contributed by atoms with Gasteiger partial charge in [0.05, 0.1) is 11.4 Å². The summed E-state index contributed by atoms with van der Waals surface area (Å²) < 4.78 is 7.23. The van der Waals surface area contributed by atoms with Crippen molar-refractivity contribution in [2.24, 2.45) is 0 Å². The molecule has 0 spiro atoms. The number of hydrogen-bond acceptors (Lipinski definition) is 5. The molecule has 1 aromatic carbocycles. The van der Waals surface area contributed by atoms with E-state index in [0.717, 1.165) is 28.0 Å². The second kappa shape index (κ2) is 5.87. The third-order valence-electron chi connectivity index (χ3n) is 4.24. The van der Waals surface area contributed by atoms with Gasteiger partial charge in [-0.1, -0.05) is 18.2 Å². The topological polar surface area (TPSA) is 61.2 Å². The Morgan fingerprint density at radius 2 is 2.12 bits per heavy atom. The van der Waals surface area contributed by atoms with E-state index in [-0.39, 0.29) is 5.78 Å². The number of Topliss-reactive ketones (excluding diaryl/α,β-unsaturated/α-hetero) is 1. The van der Waals surface area contributed by atoms with E-state index in [1.54, 1.807) is 0 Å². The van der Waals surface area contributed by atoms with E-state index in [4.69, 9.17) is 4.74 Å².